The van der Waals surface area contributed by atoms with Gasteiger partial charge in [-0.25, -0.2) is 4.98 Å². The first-order valence-electron chi connectivity index (χ1n) is 6.53. The van der Waals surface area contributed by atoms with Crippen LogP contribution in [0.3, 0.4) is 0 Å². The summed E-state index contributed by atoms with van der Waals surface area (Å²) in [6.45, 7) is 2.09. The number of aromatic nitrogens is 2. The van der Waals surface area contributed by atoms with E-state index >= 15 is 0 Å². The number of benzene rings is 2. The number of aryl methyl sites for hydroxylation is 1. The van der Waals surface area contributed by atoms with E-state index in [0.29, 0.717) is 0 Å². The second-order valence-corrected chi connectivity index (χ2v) is 4.69. The van der Waals surface area contributed by atoms with Crippen LogP contribution in [0, 0.1) is 6.92 Å². The van der Waals surface area contributed by atoms with Crippen molar-refractivity contribution >= 4 is 0 Å². The highest BCUT2D eigenvalue weighted by Gasteiger charge is 2.07. The van der Waals surface area contributed by atoms with Gasteiger partial charge in [-0.3, -0.25) is 0 Å². The summed E-state index contributed by atoms with van der Waals surface area (Å²) in [6.07, 6.45) is 1.86. The molecule has 0 spiro atoms. The maximum Gasteiger partial charge on any atom is 0.138 e. The maximum absolute atomic E-state index is 5.25. The van der Waals surface area contributed by atoms with Gasteiger partial charge in [0.1, 0.15) is 11.6 Å². The van der Waals surface area contributed by atoms with Gasteiger partial charge in [0, 0.05) is 11.1 Å². The molecule has 2 aromatic carbocycles. The highest BCUT2D eigenvalue weighted by Crippen LogP contribution is 2.26. The molecule has 1 N–H and O–H groups in total. The van der Waals surface area contributed by atoms with E-state index in [0.717, 1.165) is 28.4 Å². The lowest BCUT2D eigenvalue weighted by Gasteiger charge is -2.03. The first-order chi connectivity index (χ1) is 9.78. The van der Waals surface area contributed by atoms with Crippen LogP contribution in [-0.2, 0) is 0 Å². The van der Waals surface area contributed by atoms with Crippen LogP contribution >= 0.6 is 0 Å². The van der Waals surface area contributed by atoms with Gasteiger partial charge in [-0.15, -0.1) is 0 Å². The number of nitrogens with one attached hydrogen (secondary N) is 1. The molecule has 0 saturated carbocycles. The monoisotopic (exact) mass is 264 g/mol. The minimum Gasteiger partial charge on any atom is -0.497 e. The Morgan fingerprint density at radius 2 is 1.90 bits per heavy atom. The molecule has 0 saturated heterocycles. The number of imidazole rings is 1. The van der Waals surface area contributed by atoms with Crippen molar-refractivity contribution in [3.8, 4) is 28.4 Å². The zero-order valence-electron chi connectivity index (χ0n) is 11.6. The van der Waals surface area contributed by atoms with Gasteiger partial charge in [-0.2, -0.15) is 0 Å². The molecule has 0 bridgehead atoms. The minimum atomic E-state index is 0.842. The van der Waals surface area contributed by atoms with Gasteiger partial charge in [-0.05, 0) is 24.6 Å². The number of hydrogen-bond donors (Lipinski definition) is 1. The molecule has 3 rings (SSSR count). The van der Waals surface area contributed by atoms with Crippen LogP contribution in [0.5, 0.6) is 5.75 Å². The van der Waals surface area contributed by atoms with Crippen molar-refractivity contribution in [2.24, 2.45) is 0 Å². The highest BCUT2D eigenvalue weighted by molar-refractivity contribution is 5.67. The fourth-order valence-electron chi connectivity index (χ4n) is 2.23. The number of hydrogen-bond acceptors (Lipinski definition) is 2. The Morgan fingerprint density at radius 3 is 2.70 bits per heavy atom. The van der Waals surface area contributed by atoms with Gasteiger partial charge in [-0.1, -0.05) is 36.4 Å². The van der Waals surface area contributed by atoms with E-state index in [9.17, 15) is 0 Å². The normalized spacial score (nSPS) is 10.5. The first kappa shape index (κ1) is 12.5. The molecular formula is C17H16N2O. The number of nitrogens with zero attached hydrogens (tertiary/aromatic N) is 1. The average Bonchev–Trinajstić information content (AvgIpc) is 2.97. The Morgan fingerprint density at radius 1 is 1.05 bits per heavy atom. The van der Waals surface area contributed by atoms with Crippen LogP contribution in [0.1, 0.15) is 5.56 Å². The fourth-order valence-corrected chi connectivity index (χ4v) is 2.23. The van der Waals surface area contributed by atoms with Gasteiger partial charge in [0.05, 0.1) is 19.0 Å². The predicted octanol–water partition coefficient (Wildman–Crippen LogP) is 4.06. The molecule has 0 aliphatic carbocycles. The van der Waals surface area contributed by atoms with E-state index < -0.39 is 0 Å². The number of rotatable bonds is 3. The molecule has 100 valence electrons. The summed E-state index contributed by atoms with van der Waals surface area (Å²) in [5.74, 6) is 1.73. The third-order valence-corrected chi connectivity index (χ3v) is 3.36. The molecule has 3 nitrogen and oxygen atoms in total. The third kappa shape index (κ3) is 2.30. The Hall–Kier alpha value is -2.55. The van der Waals surface area contributed by atoms with Crippen molar-refractivity contribution < 1.29 is 4.74 Å². The summed E-state index contributed by atoms with van der Waals surface area (Å²) in [6, 6.07) is 16.2. The second-order valence-electron chi connectivity index (χ2n) is 4.69. The van der Waals surface area contributed by atoms with E-state index in [4.69, 9.17) is 4.74 Å². The fraction of sp³-hybridized carbons (Fsp3) is 0.118. The van der Waals surface area contributed by atoms with Gasteiger partial charge >= 0.3 is 0 Å². The molecule has 3 heteroatoms. The first-order valence-corrected chi connectivity index (χ1v) is 6.53. The molecule has 1 aromatic heterocycles. The Balaban J connectivity index is 2.00. The molecule has 3 aromatic rings. The van der Waals surface area contributed by atoms with Gasteiger partial charge in [0.2, 0.25) is 0 Å². The highest BCUT2D eigenvalue weighted by atomic mass is 16.5. The van der Waals surface area contributed by atoms with E-state index in [-0.39, 0.29) is 0 Å². The summed E-state index contributed by atoms with van der Waals surface area (Å²) < 4.78 is 5.25. The van der Waals surface area contributed by atoms with Crippen molar-refractivity contribution in [3.05, 3.63) is 60.3 Å². The largest absolute Gasteiger partial charge is 0.497 e. The lowest BCUT2D eigenvalue weighted by Crippen LogP contribution is -1.86. The predicted molar refractivity (Wildman–Crippen MR) is 80.7 cm³/mol. The standard InChI is InChI=1S/C17H16N2O/c1-12-6-3-4-9-15(12)17-18-11-16(19-17)13-7-5-8-14(10-13)20-2/h3-11H,1-2H3,(H,18,19). The van der Waals surface area contributed by atoms with Crippen LogP contribution in [0.4, 0.5) is 0 Å². The number of ether oxygens (including phenoxy) is 1. The molecule has 0 atom stereocenters. The lowest BCUT2D eigenvalue weighted by molar-refractivity contribution is 0.415. The number of H-pyrrole nitrogens is 1. The van der Waals surface area contributed by atoms with Gasteiger partial charge < -0.3 is 9.72 Å². The molecule has 0 aliphatic heterocycles. The Labute approximate surface area is 118 Å². The van der Waals surface area contributed by atoms with Crippen LogP contribution in [-0.4, -0.2) is 17.1 Å². The molecule has 0 radical (unpaired) electrons. The number of methoxy groups -OCH3 is 1. The number of aromatic amines is 1. The summed E-state index contributed by atoms with van der Waals surface area (Å²) in [5.41, 5.74) is 4.39. The quantitative estimate of drug-likeness (QED) is 0.774. The molecular weight excluding hydrogens is 248 g/mol. The van der Waals surface area contributed by atoms with Gasteiger partial charge in [0.15, 0.2) is 0 Å². The smallest absolute Gasteiger partial charge is 0.138 e. The van der Waals surface area contributed by atoms with Crippen molar-refractivity contribution in [1.29, 1.82) is 0 Å². The van der Waals surface area contributed by atoms with E-state index in [1.165, 1.54) is 5.56 Å². The van der Waals surface area contributed by atoms with E-state index in [1.54, 1.807) is 7.11 Å². The van der Waals surface area contributed by atoms with Crippen molar-refractivity contribution in [2.75, 3.05) is 7.11 Å². The third-order valence-electron chi connectivity index (χ3n) is 3.36. The Bertz CT molecular complexity index is 731. The SMILES string of the molecule is COc1cccc(-c2cnc(-c3ccccc3C)[nH]2)c1. The molecule has 0 amide bonds. The molecule has 20 heavy (non-hydrogen) atoms. The van der Waals surface area contributed by atoms with E-state index in [2.05, 4.69) is 29.0 Å². The molecule has 0 fully saturated rings. The molecule has 0 aliphatic rings. The summed E-state index contributed by atoms with van der Waals surface area (Å²) in [7, 11) is 1.67. The second kappa shape index (κ2) is 5.21. The topological polar surface area (TPSA) is 37.9 Å². The zero-order valence-corrected chi connectivity index (χ0v) is 11.6. The van der Waals surface area contributed by atoms with Gasteiger partial charge in [0.25, 0.3) is 0 Å². The van der Waals surface area contributed by atoms with Crippen molar-refractivity contribution in [3.63, 3.8) is 0 Å². The summed E-state index contributed by atoms with van der Waals surface area (Å²) in [4.78, 5) is 7.85. The Kier molecular flexibility index (Phi) is 3.25. The molecule has 0 unspecified atom stereocenters. The lowest BCUT2D eigenvalue weighted by atomic mass is 10.1. The summed E-state index contributed by atoms with van der Waals surface area (Å²) >= 11 is 0. The van der Waals surface area contributed by atoms with Crippen molar-refractivity contribution in [2.45, 2.75) is 6.92 Å². The van der Waals surface area contributed by atoms with Crippen LogP contribution in [0.2, 0.25) is 0 Å². The zero-order chi connectivity index (χ0) is 13.9. The van der Waals surface area contributed by atoms with Crippen molar-refractivity contribution in [1.82, 2.24) is 9.97 Å². The summed E-state index contributed by atoms with van der Waals surface area (Å²) in [5, 5.41) is 0. The average molecular weight is 264 g/mol. The maximum atomic E-state index is 5.25. The molecule has 1 heterocycles. The minimum absolute atomic E-state index is 0.842. The van der Waals surface area contributed by atoms with E-state index in [1.807, 2.05) is 42.6 Å². The van der Waals surface area contributed by atoms with Crippen LogP contribution in [0.25, 0.3) is 22.6 Å². The van der Waals surface area contributed by atoms with Crippen LogP contribution in [0.15, 0.2) is 54.7 Å². The van der Waals surface area contributed by atoms with Crippen LogP contribution < -0.4 is 4.74 Å².